The average molecular weight is 369 g/mol. The summed E-state index contributed by atoms with van der Waals surface area (Å²) in [7, 11) is 2.05. The normalized spacial score (nSPS) is 18.8. The van der Waals surface area contributed by atoms with Gasteiger partial charge in [0, 0.05) is 63.7 Å². The molecule has 7 nitrogen and oxygen atoms in total. The molecule has 2 aromatic heterocycles. The Labute approximate surface area is 160 Å². The number of aromatic nitrogens is 3. The lowest BCUT2D eigenvalue weighted by molar-refractivity contribution is -0.169. The molecule has 2 saturated heterocycles. The molecular formula is C20H27N5O2. The molecular weight excluding hydrogens is 342 g/mol. The van der Waals surface area contributed by atoms with Crippen molar-refractivity contribution in [2.24, 2.45) is 0 Å². The van der Waals surface area contributed by atoms with Crippen LogP contribution < -0.4 is 9.80 Å². The Bertz CT molecular complexity index is 754. The van der Waals surface area contributed by atoms with Gasteiger partial charge < -0.3 is 19.3 Å². The molecule has 0 radical (unpaired) electrons. The van der Waals surface area contributed by atoms with Crippen LogP contribution in [0.15, 0.2) is 30.6 Å². The van der Waals surface area contributed by atoms with Gasteiger partial charge in [-0.1, -0.05) is 0 Å². The highest BCUT2D eigenvalue weighted by atomic mass is 16.7. The lowest BCUT2D eigenvalue weighted by Crippen LogP contribution is -2.45. The molecule has 144 valence electrons. The summed E-state index contributed by atoms with van der Waals surface area (Å²) < 4.78 is 11.7. The fourth-order valence-electron chi connectivity index (χ4n) is 3.68. The fraction of sp³-hybridized carbons (Fsp3) is 0.550. The molecule has 27 heavy (non-hydrogen) atoms. The summed E-state index contributed by atoms with van der Waals surface area (Å²) in [6.45, 7) is 6.07. The number of ether oxygens (including phenoxy) is 2. The van der Waals surface area contributed by atoms with E-state index in [4.69, 9.17) is 14.5 Å². The SMILES string of the molecule is Cc1cc(N2CCC3(CC2)OCCO3)nc(N(C)CCc2ccncc2)n1. The molecule has 7 heteroatoms. The minimum Gasteiger partial charge on any atom is -0.356 e. The van der Waals surface area contributed by atoms with Gasteiger partial charge in [0.15, 0.2) is 5.79 Å². The van der Waals surface area contributed by atoms with Crippen LogP contribution in [0.4, 0.5) is 11.8 Å². The van der Waals surface area contributed by atoms with Crippen LogP contribution >= 0.6 is 0 Å². The summed E-state index contributed by atoms with van der Waals surface area (Å²) in [4.78, 5) is 18.0. The van der Waals surface area contributed by atoms with Crippen molar-refractivity contribution in [2.75, 3.05) is 49.7 Å². The van der Waals surface area contributed by atoms with Crippen LogP contribution in [0.25, 0.3) is 0 Å². The molecule has 2 fully saturated rings. The standard InChI is InChI=1S/C20H27N5O2/c1-16-15-18(25-11-6-20(7-12-25)26-13-14-27-20)23-19(22-16)24(2)10-5-17-3-8-21-9-4-17/h3-4,8-9,15H,5-7,10-14H2,1-2H3. The summed E-state index contributed by atoms with van der Waals surface area (Å²) >= 11 is 0. The van der Waals surface area contributed by atoms with Crippen molar-refractivity contribution in [3.63, 3.8) is 0 Å². The molecule has 0 aromatic carbocycles. The van der Waals surface area contributed by atoms with Gasteiger partial charge in [0.25, 0.3) is 0 Å². The maximum Gasteiger partial charge on any atom is 0.227 e. The van der Waals surface area contributed by atoms with Crippen LogP contribution in [0.5, 0.6) is 0 Å². The van der Waals surface area contributed by atoms with Gasteiger partial charge >= 0.3 is 0 Å². The van der Waals surface area contributed by atoms with Gasteiger partial charge in [-0.3, -0.25) is 4.98 Å². The van der Waals surface area contributed by atoms with Crippen LogP contribution in [0, 0.1) is 6.92 Å². The van der Waals surface area contributed by atoms with Gasteiger partial charge in [0.1, 0.15) is 5.82 Å². The number of anilines is 2. The summed E-state index contributed by atoms with van der Waals surface area (Å²) in [6, 6.07) is 6.16. The van der Waals surface area contributed by atoms with Crippen molar-refractivity contribution in [1.82, 2.24) is 15.0 Å². The third-order valence-corrected chi connectivity index (χ3v) is 5.32. The van der Waals surface area contributed by atoms with Gasteiger partial charge in [-0.15, -0.1) is 0 Å². The Kier molecular flexibility index (Phi) is 5.22. The van der Waals surface area contributed by atoms with E-state index in [1.165, 1.54) is 5.56 Å². The van der Waals surface area contributed by atoms with E-state index < -0.39 is 0 Å². The van der Waals surface area contributed by atoms with Crippen LogP contribution in [-0.2, 0) is 15.9 Å². The number of hydrogen-bond donors (Lipinski definition) is 0. The van der Waals surface area contributed by atoms with Gasteiger partial charge in [-0.2, -0.15) is 4.98 Å². The van der Waals surface area contributed by atoms with Crippen LogP contribution in [0.1, 0.15) is 24.1 Å². The lowest BCUT2D eigenvalue weighted by Gasteiger charge is -2.38. The van der Waals surface area contributed by atoms with Gasteiger partial charge in [0.05, 0.1) is 13.2 Å². The predicted molar refractivity (Wildman–Crippen MR) is 104 cm³/mol. The molecule has 0 unspecified atom stereocenters. The molecule has 4 rings (SSSR count). The number of nitrogens with zero attached hydrogens (tertiary/aromatic N) is 5. The largest absolute Gasteiger partial charge is 0.356 e. The second-order valence-electron chi connectivity index (χ2n) is 7.29. The average Bonchev–Trinajstić information content (AvgIpc) is 3.15. The van der Waals surface area contributed by atoms with Crippen LogP contribution in [0.3, 0.4) is 0 Å². The highest BCUT2D eigenvalue weighted by molar-refractivity contribution is 5.46. The molecule has 0 saturated carbocycles. The summed E-state index contributed by atoms with van der Waals surface area (Å²) in [5, 5.41) is 0. The van der Waals surface area contributed by atoms with Crippen molar-refractivity contribution in [2.45, 2.75) is 32.0 Å². The second kappa shape index (κ2) is 7.78. The maximum absolute atomic E-state index is 5.83. The summed E-state index contributed by atoms with van der Waals surface area (Å²) in [5.74, 6) is 1.40. The van der Waals surface area contributed by atoms with E-state index in [-0.39, 0.29) is 5.79 Å². The second-order valence-corrected chi connectivity index (χ2v) is 7.29. The quantitative estimate of drug-likeness (QED) is 0.800. The minimum atomic E-state index is -0.358. The highest BCUT2D eigenvalue weighted by Gasteiger charge is 2.40. The van der Waals surface area contributed by atoms with E-state index >= 15 is 0 Å². The zero-order valence-corrected chi connectivity index (χ0v) is 16.1. The number of likely N-dealkylation sites (N-methyl/N-ethyl adjacent to an activating group) is 1. The van der Waals surface area contributed by atoms with Crippen molar-refractivity contribution in [3.05, 3.63) is 41.9 Å². The van der Waals surface area contributed by atoms with Gasteiger partial charge in [-0.25, -0.2) is 4.98 Å². The molecule has 0 atom stereocenters. The molecule has 0 amide bonds. The molecule has 2 aliphatic rings. The number of aryl methyl sites for hydroxylation is 1. The first-order valence-electron chi connectivity index (χ1n) is 9.62. The lowest BCUT2D eigenvalue weighted by atomic mass is 10.0. The summed E-state index contributed by atoms with van der Waals surface area (Å²) in [5.41, 5.74) is 2.25. The Morgan fingerprint density at radius 3 is 2.52 bits per heavy atom. The zero-order chi connectivity index (χ0) is 18.7. The van der Waals surface area contributed by atoms with Crippen molar-refractivity contribution >= 4 is 11.8 Å². The molecule has 2 aliphatic heterocycles. The number of piperidine rings is 1. The topological polar surface area (TPSA) is 63.6 Å². The van der Waals surface area contributed by atoms with E-state index in [9.17, 15) is 0 Å². The molecule has 0 N–H and O–H groups in total. The van der Waals surface area contributed by atoms with Crippen LogP contribution in [0.2, 0.25) is 0 Å². The third-order valence-electron chi connectivity index (χ3n) is 5.32. The van der Waals surface area contributed by atoms with E-state index in [1.54, 1.807) is 0 Å². The van der Waals surface area contributed by atoms with Crippen LogP contribution in [-0.4, -0.2) is 60.6 Å². The monoisotopic (exact) mass is 369 g/mol. The molecule has 4 heterocycles. The maximum atomic E-state index is 5.83. The molecule has 2 aromatic rings. The van der Waals surface area contributed by atoms with Crippen molar-refractivity contribution in [3.8, 4) is 0 Å². The number of pyridine rings is 1. The fourth-order valence-corrected chi connectivity index (χ4v) is 3.68. The van der Waals surface area contributed by atoms with E-state index in [0.29, 0.717) is 13.2 Å². The molecule has 1 spiro atoms. The zero-order valence-electron chi connectivity index (χ0n) is 16.1. The number of rotatable bonds is 5. The first-order chi connectivity index (χ1) is 13.1. The Morgan fingerprint density at radius 1 is 1.11 bits per heavy atom. The highest BCUT2D eigenvalue weighted by Crippen LogP contribution is 2.33. The third kappa shape index (κ3) is 4.20. The summed E-state index contributed by atoms with van der Waals surface area (Å²) in [6.07, 6.45) is 6.36. The predicted octanol–water partition coefficient (Wildman–Crippen LogP) is 2.20. The smallest absolute Gasteiger partial charge is 0.227 e. The van der Waals surface area contributed by atoms with Gasteiger partial charge in [-0.05, 0) is 31.0 Å². The van der Waals surface area contributed by atoms with Gasteiger partial charge in [0.2, 0.25) is 5.95 Å². The Balaban J connectivity index is 1.42. The van der Waals surface area contributed by atoms with E-state index in [2.05, 4.69) is 25.8 Å². The van der Waals surface area contributed by atoms with E-state index in [1.807, 2.05) is 38.5 Å². The number of hydrogen-bond acceptors (Lipinski definition) is 7. The molecule has 0 bridgehead atoms. The van der Waals surface area contributed by atoms with Crippen molar-refractivity contribution in [1.29, 1.82) is 0 Å². The minimum absolute atomic E-state index is 0.358. The van der Waals surface area contributed by atoms with E-state index in [0.717, 1.165) is 56.4 Å². The first-order valence-corrected chi connectivity index (χ1v) is 9.62. The van der Waals surface area contributed by atoms with Crippen molar-refractivity contribution < 1.29 is 9.47 Å². The Morgan fingerprint density at radius 2 is 1.81 bits per heavy atom. The molecule has 0 aliphatic carbocycles. The Hall–Kier alpha value is -2.25. The first kappa shape index (κ1) is 18.1.